The minimum absolute atomic E-state index is 0. The fraction of sp³-hybridized carbons (Fsp3) is 0.650. The fourth-order valence-electron chi connectivity index (χ4n) is 3.27. The van der Waals surface area contributed by atoms with Crippen LogP contribution in [0, 0.1) is 6.92 Å². The van der Waals surface area contributed by atoms with E-state index in [0.717, 1.165) is 69.8 Å². The van der Waals surface area contributed by atoms with Crippen LogP contribution in [0.5, 0.6) is 0 Å². The normalized spacial score (nSPS) is 16.2. The van der Waals surface area contributed by atoms with E-state index < -0.39 is 0 Å². The van der Waals surface area contributed by atoms with Gasteiger partial charge in [-0.3, -0.25) is 4.90 Å². The van der Waals surface area contributed by atoms with Crippen molar-refractivity contribution in [2.75, 3.05) is 39.4 Å². The molecule has 1 saturated heterocycles. The Kier molecular flexibility index (Phi) is 11.0. The van der Waals surface area contributed by atoms with Gasteiger partial charge in [0.1, 0.15) is 12.4 Å². The quantitative estimate of drug-likeness (QED) is 0.218. The molecule has 1 atom stereocenters. The van der Waals surface area contributed by atoms with Crippen LogP contribution < -0.4 is 10.6 Å². The molecule has 0 spiro atoms. The maximum atomic E-state index is 5.55. The molecule has 3 rings (SSSR count). The van der Waals surface area contributed by atoms with Gasteiger partial charge in [0.2, 0.25) is 0 Å². The Labute approximate surface area is 200 Å². The molecule has 1 aliphatic rings. The molecule has 0 saturated carbocycles. The highest BCUT2D eigenvalue weighted by molar-refractivity contribution is 14.0. The average Bonchev–Trinajstić information content (AvgIpc) is 3.38. The number of ether oxygens (including phenoxy) is 1. The Morgan fingerprint density at radius 1 is 1.30 bits per heavy atom. The molecule has 3 heterocycles. The highest BCUT2D eigenvalue weighted by Gasteiger charge is 2.23. The van der Waals surface area contributed by atoms with Crippen LogP contribution in [0.3, 0.4) is 0 Å². The number of nitrogens with zero attached hydrogens (tertiary/aromatic N) is 5. The Hall–Kier alpha value is -1.24. The molecular weight excluding hydrogens is 513 g/mol. The summed E-state index contributed by atoms with van der Waals surface area (Å²) in [5.74, 6) is 2.59. The molecule has 2 aromatic heterocycles. The maximum Gasteiger partial charge on any atom is 0.191 e. The molecular formula is C20H34IN7OS. The van der Waals surface area contributed by atoms with Crippen LogP contribution in [0.4, 0.5) is 0 Å². The SMILES string of the molecule is CCCCNC(=NCc1nnc(C)n1C)NCC(c1cccs1)N1CCOCC1.I. The van der Waals surface area contributed by atoms with Crippen molar-refractivity contribution in [2.45, 2.75) is 39.3 Å². The van der Waals surface area contributed by atoms with Crippen LogP contribution in [0.1, 0.15) is 42.3 Å². The second-order valence-electron chi connectivity index (χ2n) is 7.23. The minimum Gasteiger partial charge on any atom is -0.379 e. The Morgan fingerprint density at radius 2 is 2.10 bits per heavy atom. The van der Waals surface area contributed by atoms with Gasteiger partial charge in [-0.25, -0.2) is 4.99 Å². The van der Waals surface area contributed by atoms with Gasteiger partial charge in [0, 0.05) is 38.1 Å². The van der Waals surface area contributed by atoms with Crippen LogP contribution in [0.15, 0.2) is 22.5 Å². The van der Waals surface area contributed by atoms with Crippen molar-refractivity contribution in [3.63, 3.8) is 0 Å². The predicted molar refractivity (Wildman–Crippen MR) is 133 cm³/mol. The molecule has 0 aromatic carbocycles. The van der Waals surface area contributed by atoms with E-state index in [-0.39, 0.29) is 24.0 Å². The summed E-state index contributed by atoms with van der Waals surface area (Å²) in [4.78, 5) is 8.64. The molecule has 1 fully saturated rings. The van der Waals surface area contributed by atoms with Crippen LogP contribution in [0.25, 0.3) is 0 Å². The number of aromatic nitrogens is 3. The molecule has 168 valence electrons. The zero-order valence-corrected chi connectivity index (χ0v) is 21.3. The Bertz CT molecular complexity index is 759. The zero-order valence-electron chi connectivity index (χ0n) is 18.1. The number of aryl methyl sites for hydroxylation is 1. The van der Waals surface area contributed by atoms with Gasteiger partial charge in [-0.05, 0) is 24.8 Å². The lowest BCUT2D eigenvalue weighted by Crippen LogP contribution is -2.46. The molecule has 2 N–H and O–H groups in total. The third-order valence-electron chi connectivity index (χ3n) is 5.21. The van der Waals surface area contributed by atoms with E-state index in [1.54, 1.807) is 0 Å². The number of nitrogens with one attached hydrogen (secondary N) is 2. The molecule has 0 bridgehead atoms. The lowest BCUT2D eigenvalue weighted by molar-refractivity contribution is 0.0177. The Morgan fingerprint density at radius 3 is 2.73 bits per heavy atom. The van der Waals surface area contributed by atoms with Gasteiger partial charge in [0.05, 0.1) is 19.3 Å². The molecule has 0 amide bonds. The number of halogens is 1. The van der Waals surface area contributed by atoms with Gasteiger partial charge in [-0.2, -0.15) is 0 Å². The van der Waals surface area contributed by atoms with E-state index >= 15 is 0 Å². The third-order valence-corrected chi connectivity index (χ3v) is 6.18. The molecule has 30 heavy (non-hydrogen) atoms. The number of hydrogen-bond donors (Lipinski definition) is 2. The number of hydrogen-bond acceptors (Lipinski definition) is 6. The summed E-state index contributed by atoms with van der Waals surface area (Å²) in [6, 6.07) is 4.66. The van der Waals surface area contributed by atoms with E-state index in [1.807, 2.05) is 29.9 Å². The summed E-state index contributed by atoms with van der Waals surface area (Å²) in [5, 5.41) is 17.5. The predicted octanol–water partition coefficient (Wildman–Crippen LogP) is 2.71. The number of aliphatic imine (C=N–C) groups is 1. The van der Waals surface area contributed by atoms with E-state index in [0.29, 0.717) is 12.6 Å². The van der Waals surface area contributed by atoms with E-state index in [2.05, 4.69) is 50.2 Å². The molecule has 10 heteroatoms. The minimum atomic E-state index is 0. The maximum absolute atomic E-state index is 5.55. The lowest BCUT2D eigenvalue weighted by Gasteiger charge is -2.34. The Balaban J connectivity index is 0.00000320. The number of thiophene rings is 1. The standard InChI is InChI=1S/C20H33N7OS.HI/c1-4-5-8-21-20(23-15-19-25-24-16(2)26(19)3)22-14-17(18-7-6-13-29-18)27-9-11-28-12-10-27;/h6-7,13,17H,4-5,8-12,14-15H2,1-3H3,(H2,21,22,23);1H. The number of unbranched alkanes of at least 4 members (excludes halogenated alkanes) is 1. The largest absolute Gasteiger partial charge is 0.379 e. The first kappa shape index (κ1) is 25.0. The number of rotatable bonds is 9. The lowest BCUT2D eigenvalue weighted by atomic mass is 10.2. The molecule has 8 nitrogen and oxygen atoms in total. The number of morpholine rings is 1. The second kappa shape index (κ2) is 13.2. The summed E-state index contributed by atoms with van der Waals surface area (Å²) in [7, 11) is 1.98. The van der Waals surface area contributed by atoms with Crippen molar-refractivity contribution in [3.8, 4) is 0 Å². The number of guanidine groups is 1. The van der Waals surface area contributed by atoms with Crippen LogP contribution in [-0.4, -0.2) is 65.0 Å². The molecule has 2 aromatic rings. The van der Waals surface area contributed by atoms with Crippen molar-refractivity contribution in [3.05, 3.63) is 34.0 Å². The zero-order chi connectivity index (χ0) is 20.5. The second-order valence-corrected chi connectivity index (χ2v) is 8.21. The summed E-state index contributed by atoms with van der Waals surface area (Å²) in [6.07, 6.45) is 2.26. The van der Waals surface area contributed by atoms with Crippen molar-refractivity contribution < 1.29 is 4.74 Å². The van der Waals surface area contributed by atoms with E-state index in [4.69, 9.17) is 9.73 Å². The molecule has 0 aliphatic carbocycles. The average molecular weight is 548 g/mol. The van der Waals surface area contributed by atoms with Crippen molar-refractivity contribution in [2.24, 2.45) is 12.0 Å². The summed E-state index contributed by atoms with van der Waals surface area (Å²) < 4.78 is 7.53. The summed E-state index contributed by atoms with van der Waals surface area (Å²) >= 11 is 1.81. The van der Waals surface area contributed by atoms with E-state index in [1.165, 1.54) is 4.88 Å². The smallest absolute Gasteiger partial charge is 0.191 e. The van der Waals surface area contributed by atoms with Crippen LogP contribution >= 0.6 is 35.3 Å². The van der Waals surface area contributed by atoms with Gasteiger partial charge < -0.3 is 19.9 Å². The molecule has 1 aliphatic heterocycles. The van der Waals surface area contributed by atoms with Crippen molar-refractivity contribution in [1.29, 1.82) is 0 Å². The molecule has 1 unspecified atom stereocenters. The van der Waals surface area contributed by atoms with Crippen LogP contribution in [0.2, 0.25) is 0 Å². The summed E-state index contributed by atoms with van der Waals surface area (Å²) in [6.45, 7) is 9.85. The highest BCUT2D eigenvalue weighted by atomic mass is 127. The monoisotopic (exact) mass is 547 g/mol. The first-order valence-corrected chi connectivity index (χ1v) is 11.3. The first-order valence-electron chi connectivity index (χ1n) is 10.4. The van der Waals surface area contributed by atoms with Gasteiger partial charge >= 0.3 is 0 Å². The van der Waals surface area contributed by atoms with Crippen molar-refractivity contribution >= 4 is 41.3 Å². The fourth-order valence-corrected chi connectivity index (χ4v) is 4.13. The van der Waals surface area contributed by atoms with Gasteiger partial charge in [0.25, 0.3) is 0 Å². The van der Waals surface area contributed by atoms with Gasteiger partial charge in [0.15, 0.2) is 11.8 Å². The van der Waals surface area contributed by atoms with Crippen LogP contribution in [-0.2, 0) is 18.3 Å². The van der Waals surface area contributed by atoms with E-state index in [9.17, 15) is 0 Å². The van der Waals surface area contributed by atoms with Gasteiger partial charge in [-0.15, -0.1) is 45.5 Å². The van der Waals surface area contributed by atoms with Gasteiger partial charge in [-0.1, -0.05) is 19.4 Å². The highest BCUT2D eigenvalue weighted by Crippen LogP contribution is 2.25. The third kappa shape index (κ3) is 7.17. The topological polar surface area (TPSA) is 79.6 Å². The molecule has 0 radical (unpaired) electrons. The first-order chi connectivity index (χ1) is 14.2. The summed E-state index contributed by atoms with van der Waals surface area (Å²) in [5.41, 5.74) is 0. The van der Waals surface area contributed by atoms with Crippen molar-refractivity contribution in [1.82, 2.24) is 30.3 Å².